The highest BCUT2D eigenvalue weighted by molar-refractivity contribution is 7.89. The SMILES string of the molecule is CCn1cc([C@H]2CN(S(=O)(=O)c3cccc(C(N)=O)c3)CCO2)cn1. The summed E-state index contributed by atoms with van der Waals surface area (Å²) in [6.45, 7) is 3.44. The maximum atomic E-state index is 12.9. The Balaban J connectivity index is 1.84. The van der Waals surface area contributed by atoms with Crippen LogP contribution >= 0.6 is 0 Å². The van der Waals surface area contributed by atoms with Gasteiger partial charge in [-0.1, -0.05) is 6.07 Å². The zero-order chi connectivity index (χ0) is 18.0. The first kappa shape index (κ1) is 17.6. The fourth-order valence-corrected chi connectivity index (χ4v) is 4.19. The standard InChI is InChI=1S/C16H20N4O4S/c1-2-19-10-13(9-18-19)15-11-20(6-7-24-15)25(22,23)14-5-3-4-12(8-14)16(17)21/h3-5,8-10,15H,2,6-7,11H2,1H3,(H2,17,21)/t15-/m1/s1. The first-order chi connectivity index (χ1) is 11.9. The summed E-state index contributed by atoms with van der Waals surface area (Å²) in [6.07, 6.45) is 3.18. The Morgan fingerprint density at radius 2 is 2.24 bits per heavy atom. The molecule has 3 rings (SSSR count). The van der Waals surface area contributed by atoms with E-state index in [2.05, 4.69) is 5.10 Å². The van der Waals surface area contributed by atoms with Crippen molar-refractivity contribution in [2.75, 3.05) is 19.7 Å². The summed E-state index contributed by atoms with van der Waals surface area (Å²) in [6, 6.07) is 5.76. The number of nitrogens with two attached hydrogens (primary N) is 1. The summed E-state index contributed by atoms with van der Waals surface area (Å²) in [7, 11) is -3.74. The van der Waals surface area contributed by atoms with Gasteiger partial charge >= 0.3 is 0 Å². The van der Waals surface area contributed by atoms with Crippen LogP contribution < -0.4 is 5.73 Å². The van der Waals surface area contributed by atoms with Gasteiger partial charge in [0.15, 0.2) is 0 Å². The molecule has 2 N–H and O–H groups in total. The maximum Gasteiger partial charge on any atom is 0.248 e. The van der Waals surface area contributed by atoms with Gasteiger partial charge in [-0.2, -0.15) is 9.40 Å². The first-order valence-electron chi connectivity index (χ1n) is 7.96. The number of carbonyl (C=O) groups is 1. The monoisotopic (exact) mass is 364 g/mol. The average molecular weight is 364 g/mol. The number of hydrogen-bond donors (Lipinski definition) is 1. The molecule has 2 heterocycles. The second-order valence-corrected chi connectivity index (χ2v) is 7.68. The molecule has 2 aromatic rings. The number of rotatable bonds is 5. The third-order valence-electron chi connectivity index (χ3n) is 4.13. The number of sulfonamides is 1. The van der Waals surface area contributed by atoms with Crippen LogP contribution in [0.2, 0.25) is 0 Å². The van der Waals surface area contributed by atoms with Crippen LogP contribution in [0.25, 0.3) is 0 Å². The van der Waals surface area contributed by atoms with Crippen LogP contribution in [0.1, 0.15) is 28.9 Å². The van der Waals surface area contributed by atoms with E-state index in [1.165, 1.54) is 28.6 Å². The van der Waals surface area contributed by atoms with Crippen LogP contribution in [-0.2, 0) is 21.3 Å². The van der Waals surface area contributed by atoms with Gasteiger partial charge in [-0.25, -0.2) is 8.42 Å². The molecule has 1 aliphatic heterocycles. The number of carbonyl (C=O) groups excluding carboxylic acids is 1. The van der Waals surface area contributed by atoms with Crippen molar-refractivity contribution in [2.24, 2.45) is 5.73 Å². The van der Waals surface area contributed by atoms with Gasteiger partial charge in [0.05, 0.1) is 23.8 Å². The number of primary amides is 1. The van der Waals surface area contributed by atoms with E-state index in [9.17, 15) is 13.2 Å². The smallest absolute Gasteiger partial charge is 0.248 e. The Kier molecular flexibility index (Phi) is 4.89. The van der Waals surface area contributed by atoms with Gasteiger partial charge < -0.3 is 10.5 Å². The molecular weight excluding hydrogens is 344 g/mol. The van der Waals surface area contributed by atoms with Crippen LogP contribution in [0.4, 0.5) is 0 Å². The van der Waals surface area contributed by atoms with Crippen molar-refractivity contribution < 1.29 is 17.9 Å². The van der Waals surface area contributed by atoms with E-state index < -0.39 is 15.9 Å². The zero-order valence-corrected chi connectivity index (χ0v) is 14.6. The summed E-state index contributed by atoms with van der Waals surface area (Å²) in [5, 5.41) is 4.20. The van der Waals surface area contributed by atoms with Crippen molar-refractivity contribution in [3.05, 3.63) is 47.8 Å². The van der Waals surface area contributed by atoms with E-state index in [0.29, 0.717) is 0 Å². The van der Waals surface area contributed by atoms with Gasteiger partial charge in [0.25, 0.3) is 0 Å². The normalized spacial score (nSPS) is 19.0. The third kappa shape index (κ3) is 3.58. The van der Waals surface area contributed by atoms with E-state index in [1.54, 1.807) is 10.9 Å². The molecule has 0 bridgehead atoms. The van der Waals surface area contributed by atoms with Gasteiger partial charge in [0.2, 0.25) is 15.9 Å². The summed E-state index contributed by atoms with van der Waals surface area (Å²) >= 11 is 0. The molecule has 0 unspecified atom stereocenters. The van der Waals surface area contributed by atoms with Crippen LogP contribution in [0.15, 0.2) is 41.6 Å². The fourth-order valence-electron chi connectivity index (χ4n) is 2.72. The topological polar surface area (TPSA) is 108 Å². The molecule has 8 nitrogen and oxygen atoms in total. The molecule has 9 heteroatoms. The molecule has 1 amide bonds. The van der Waals surface area contributed by atoms with Crippen LogP contribution in [-0.4, -0.2) is 48.1 Å². The van der Waals surface area contributed by atoms with Crippen molar-refractivity contribution in [1.82, 2.24) is 14.1 Å². The number of amides is 1. The third-order valence-corrected chi connectivity index (χ3v) is 6.00. The van der Waals surface area contributed by atoms with Crippen LogP contribution in [0, 0.1) is 0 Å². The molecule has 0 aliphatic carbocycles. The summed E-state index contributed by atoms with van der Waals surface area (Å²) in [5.41, 5.74) is 6.24. The lowest BCUT2D eigenvalue weighted by molar-refractivity contribution is -0.00260. The maximum absolute atomic E-state index is 12.9. The zero-order valence-electron chi connectivity index (χ0n) is 13.8. The Morgan fingerprint density at radius 1 is 1.44 bits per heavy atom. The highest BCUT2D eigenvalue weighted by atomic mass is 32.2. The fraction of sp³-hybridized carbons (Fsp3) is 0.375. The number of aromatic nitrogens is 2. The molecule has 1 aromatic heterocycles. The summed E-state index contributed by atoms with van der Waals surface area (Å²) < 4.78 is 34.6. The molecular formula is C16H20N4O4S. The summed E-state index contributed by atoms with van der Waals surface area (Å²) in [5.74, 6) is -0.663. The molecule has 0 radical (unpaired) electrons. The predicted octanol–water partition coefficient (Wildman–Crippen LogP) is 0.764. The average Bonchev–Trinajstić information content (AvgIpc) is 3.11. The number of aryl methyl sites for hydroxylation is 1. The number of ether oxygens (including phenoxy) is 1. The lowest BCUT2D eigenvalue weighted by Crippen LogP contribution is -2.42. The second-order valence-electron chi connectivity index (χ2n) is 5.74. The first-order valence-corrected chi connectivity index (χ1v) is 9.40. The van der Waals surface area contributed by atoms with Crippen molar-refractivity contribution in [2.45, 2.75) is 24.5 Å². The Bertz CT molecular complexity index is 878. The quantitative estimate of drug-likeness (QED) is 0.843. The van der Waals surface area contributed by atoms with E-state index in [0.717, 1.165) is 12.1 Å². The second kappa shape index (κ2) is 6.95. The summed E-state index contributed by atoms with van der Waals surface area (Å²) in [4.78, 5) is 11.4. The minimum absolute atomic E-state index is 0.0497. The van der Waals surface area contributed by atoms with Crippen molar-refractivity contribution in [3.8, 4) is 0 Å². The van der Waals surface area contributed by atoms with E-state index in [4.69, 9.17) is 10.5 Å². The molecule has 1 saturated heterocycles. The van der Waals surface area contributed by atoms with E-state index in [-0.39, 0.29) is 36.3 Å². The molecule has 1 fully saturated rings. The van der Waals surface area contributed by atoms with Crippen LogP contribution in [0.5, 0.6) is 0 Å². The molecule has 1 atom stereocenters. The minimum atomic E-state index is -3.74. The Hall–Kier alpha value is -2.23. The van der Waals surface area contributed by atoms with Crippen molar-refractivity contribution in [3.63, 3.8) is 0 Å². The van der Waals surface area contributed by atoms with Gasteiger partial charge in [-0.05, 0) is 25.1 Å². The van der Waals surface area contributed by atoms with E-state index >= 15 is 0 Å². The highest BCUT2D eigenvalue weighted by Gasteiger charge is 2.32. The lowest BCUT2D eigenvalue weighted by atomic mass is 10.2. The van der Waals surface area contributed by atoms with Crippen LogP contribution in [0.3, 0.4) is 0 Å². The number of morpholine rings is 1. The molecule has 134 valence electrons. The molecule has 1 aliphatic rings. The lowest BCUT2D eigenvalue weighted by Gasteiger charge is -2.31. The van der Waals surface area contributed by atoms with Gasteiger partial charge in [0.1, 0.15) is 0 Å². The van der Waals surface area contributed by atoms with Gasteiger partial charge in [-0.3, -0.25) is 9.48 Å². The van der Waals surface area contributed by atoms with Gasteiger partial charge in [0, 0.05) is 37.0 Å². The number of benzene rings is 1. The highest BCUT2D eigenvalue weighted by Crippen LogP contribution is 2.26. The Morgan fingerprint density at radius 3 is 2.92 bits per heavy atom. The molecule has 1 aromatic carbocycles. The van der Waals surface area contributed by atoms with E-state index in [1.807, 2.05) is 13.1 Å². The van der Waals surface area contributed by atoms with Crippen molar-refractivity contribution >= 4 is 15.9 Å². The molecule has 0 spiro atoms. The number of nitrogens with zero attached hydrogens (tertiary/aromatic N) is 3. The minimum Gasteiger partial charge on any atom is -0.371 e. The molecule has 0 saturated carbocycles. The number of hydrogen-bond acceptors (Lipinski definition) is 5. The predicted molar refractivity (Wildman–Crippen MR) is 90.3 cm³/mol. The van der Waals surface area contributed by atoms with Crippen molar-refractivity contribution in [1.29, 1.82) is 0 Å². The molecule has 25 heavy (non-hydrogen) atoms. The van der Waals surface area contributed by atoms with Gasteiger partial charge in [-0.15, -0.1) is 0 Å². The Labute approximate surface area is 146 Å². The largest absolute Gasteiger partial charge is 0.371 e.